The highest BCUT2D eigenvalue weighted by Gasteiger charge is 2.10. The number of amides is 1. The van der Waals surface area contributed by atoms with Gasteiger partial charge in [-0.1, -0.05) is 12.1 Å². The summed E-state index contributed by atoms with van der Waals surface area (Å²) in [4.78, 5) is 11.9. The molecule has 1 aromatic heterocycles. The highest BCUT2D eigenvalue weighted by atomic mass is 32.1. The van der Waals surface area contributed by atoms with Crippen LogP contribution in [0, 0.1) is 11.3 Å². The molecule has 0 aliphatic rings. The van der Waals surface area contributed by atoms with Gasteiger partial charge in [-0.05, 0) is 47.0 Å². The molecular weight excluding hydrogens is 256 g/mol. The normalized spacial score (nSPS) is 11.6. The number of nitrogens with zero attached hydrogens (tertiary/aromatic N) is 1. The third-order valence-electron chi connectivity index (χ3n) is 2.87. The first-order valence-corrected chi connectivity index (χ1v) is 6.94. The van der Waals surface area contributed by atoms with Crippen LogP contribution in [0.3, 0.4) is 0 Å². The topological polar surface area (TPSA) is 52.9 Å². The van der Waals surface area contributed by atoms with Crippen molar-refractivity contribution in [1.29, 1.82) is 5.26 Å². The Morgan fingerprint density at radius 3 is 2.68 bits per heavy atom. The van der Waals surface area contributed by atoms with Gasteiger partial charge in [0.15, 0.2) is 0 Å². The van der Waals surface area contributed by atoms with Gasteiger partial charge in [0.1, 0.15) is 0 Å². The van der Waals surface area contributed by atoms with Crippen molar-refractivity contribution in [2.24, 2.45) is 0 Å². The number of nitrogens with one attached hydrogen (secondary N) is 1. The smallest absolute Gasteiger partial charge is 0.224 e. The Balaban J connectivity index is 1.92. The fourth-order valence-corrected chi connectivity index (χ4v) is 2.53. The van der Waals surface area contributed by atoms with E-state index in [0.717, 1.165) is 11.1 Å². The molecule has 0 fully saturated rings. The molecule has 1 atom stereocenters. The Labute approximate surface area is 116 Å². The minimum atomic E-state index is -0.0107. The summed E-state index contributed by atoms with van der Waals surface area (Å²) in [6, 6.07) is 11.2. The van der Waals surface area contributed by atoms with Gasteiger partial charge in [0.25, 0.3) is 0 Å². The van der Waals surface area contributed by atoms with Crippen LogP contribution in [-0.4, -0.2) is 5.91 Å². The number of benzene rings is 1. The summed E-state index contributed by atoms with van der Waals surface area (Å²) in [6.45, 7) is 1.97. The molecule has 1 aromatic carbocycles. The number of rotatable bonds is 4. The number of hydrogen-bond acceptors (Lipinski definition) is 3. The zero-order valence-electron chi connectivity index (χ0n) is 10.6. The second kappa shape index (κ2) is 6.17. The second-order valence-electron chi connectivity index (χ2n) is 4.33. The van der Waals surface area contributed by atoms with E-state index in [1.165, 1.54) is 0 Å². The molecule has 0 radical (unpaired) electrons. The number of thiophene rings is 1. The van der Waals surface area contributed by atoms with Crippen LogP contribution in [0.2, 0.25) is 0 Å². The van der Waals surface area contributed by atoms with E-state index in [-0.39, 0.29) is 11.9 Å². The molecule has 4 heteroatoms. The Bertz CT molecular complexity index is 582. The predicted molar refractivity (Wildman–Crippen MR) is 75.7 cm³/mol. The number of hydrogen-bond donors (Lipinski definition) is 1. The van der Waals surface area contributed by atoms with Gasteiger partial charge in [-0.3, -0.25) is 4.79 Å². The SMILES string of the molecule is CC(NC(=O)Cc1ccc(C#N)cc1)c1ccsc1. The van der Waals surface area contributed by atoms with Gasteiger partial charge in [0.05, 0.1) is 24.1 Å². The average Bonchev–Trinajstić information content (AvgIpc) is 2.93. The summed E-state index contributed by atoms with van der Waals surface area (Å²) in [5, 5.41) is 15.7. The maximum atomic E-state index is 11.9. The molecule has 2 aromatic rings. The fraction of sp³-hybridized carbons (Fsp3) is 0.200. The lowest BCUT2D eigenvalue weighted by Gasteiger charge is -2.12. The average molecular weight is 270 g/mol. The maximum Gasteiger partial charge on any atom is 0.224 e. The van der Waals surface area contributed by atoms with Crippen molar-refractivity contribution in [3.8, 4) is 6.07 Å². The van der Waals surface area contributed by atoms with Crippen LogP contribution in [0.25, 0.3) is 0 Å². The molecule has 1 unspecified atom stereocenters. The van der Waals surface area contributed by atoms with Crippen molar-refractivity contribution in [3.63, 3.8) is 0 Å². The Hall–Kier alpha value is -2.12. The molecule has 1 heterocycles. The van der Waals surface area contributed by atoms with Gasteiger partial charge in [-0.2, -0.15) is 16.6 Å². The van der Waals surface area contributed by atoms with Gasteiger partial charge in [-0.15, -0.1) is 0 Å². The Morgan fingerprint density at radius 2 is 2.11 bits per heavy atom. The van der Waals surface area contributed by atoms with E-state index in [2.05, 4.69) is 11.4 Å². The first-order valence-electron chi connectivity index (χ1n) is 5.99. The van der Waals surface area contributed by atoms with Crippen LogP contribution < -0.4 is 5.32 Å². The molecule has 1 N–H and O–H groups in total. The number of carbonyl (C=O) groups excluding carboxylic acids is 1. The van der Waals surface area contributed by atoms with E-state index < -0.39 is 0 Å². The fourth-order valence-electron chi connectivity index (χ4n) is 1.78. The third kappa shape index (κ3) is 3.67. The molecule has 1 amide bonds. The highest BCUT2D eigenvalue weighted by molar-refractivity contribution is 7.07. The standard InChI is InChI=1S/C15H14N2OS/c1-11(14-6-7-19-10-14)17-15(18)8-12-2-4-13(9-16)5-3-12/h2-7,10-11H,8H2,1H3,(H,17,18). The minimum absolute atomic E-state index is 0.0107. The van der Waals surface area contributed by atoms with Gasteiger partial charge in [-0.25, -0.2) is 0 Å². The third-order valence-corrected chi connectivity index (χ3v) is 3.57. The molecule has 0 aliphatic heterocycles. The highest BCUT2D eigenvalue weighted by Crippen LogP contribution is 2.15. The van der Waals surface area contributed by atoms with Crippen molar-refractivity contribution < 1.29 is 4.79 Å². The number of nitriles is 1. The van der Waals surface area contributed by atoms with E-state index in [1.807, 2.05) is 35.9 Å². The minimum Gasteiger partial charge on any atom is -0.349 e. The molecule has 0 bridgehead atoms. The van der Waals surface area contributed by atoms with Gasteiger partial charge >= 0.3 is 0 Å². The predicted octanol–water partition coefficient (Wildman–Crippen LogP) is 3.04. The monoisotopic (exact) mass is 270 g/mol. The lowest BCUT2D eigenvalue weighted by atomic mass is 10.1. The summed E-state index contributed by atoms with van der Waals surface area (Å²) in [7, 11) is 0. The zero-order valence-corrected chi connectivity index (χ0v) is 11.4. The van der Waals surface area contributed by atoms with Crippen molar-refractivity contribution in [2.75, 3.05) is 0 Å². The second-order valence-corrected chi connectivity index (χ2v) is 5.11. The van der Waals surface area contributed by atoms with Crippen LogP contribution in [0.4, 0.5) is 0 Å². The first-order chi connectivity index (χ1) is 9.19. The van der Waals surface area contributed by atoms with Crippen LogP contribution in [0.5, 0.6) is 0 Å². The summed E-state index contributed by atoms with van der Waals surface area (Å²) in [5.41, 5.74) is 2.64. The van der Waals surface area contributed by atoms with E-state index in [0.29, 0.717) is 12.0 Å². The summed E-state index contributed by atoms with van der Waals surface area (Å²) in [5.74, 6) is -0.0107. The lowest BCUT2D eigenvalue weighted by molar-refractivity contribution is -0.121. The molecule has 0 saturated carbocycles. The van der Waals surface area contributed by atoms with Gasteiger partial charge in [0, 0.05) is 0 Å². The maximum absolute atomic E-state index is 11.9. The van der Waals surface area contributed by atoms with Crippen molar-refractivity contribution in [1.82, 2.24) is 5.32 Å². The Morgan fingerprint density at radius 1 is 1.37 bits per heavy atom. The molecule has 0 saturated heterocycles. The molecule has 0 aliphatic carbocycles. The van der Waals surface area contributed by atoms with E-state index >= 15 is 0 Å². The van der Waals surface area contributed by atoms with Gasteiger partial charge < -0.3 is 5.32 Å². The molecule has 2 rings (SSSR count). The number of carbonyl (C=O) groups is 1. The van der Waals surface area contributed by atoms with Crippen LogP contribution in [0.1, 0.15) is 29.7 Å². The van der Waals surface area contributed by atoms with Crippen molar-refractivity contribution in [2.45, 2.75) is 19.4 Å². The molecule has 19 heavy (non-hydrogen) atoms. The largest absolute Gasteiger partial charge is 0.349 e. The molecule has 3 nitrogen and oxygen atoms in total. The first kappa shape index (κ1) is 13.3. The van der Waals surface area contributed by atoms with Crippen LogP contribution in [-0.2, 0) is 11.2 Å². The summed E-state index contributed by atoms with van der Waals surface area (Å²) < 4.78 is 0. The Kier molecular flexibility index (Phi) is 4.32. The van der Waals surface area contributed by atoms with Crippen molar-refractivity contribution in [3.05, 3.63) is 57.8 Å². The van der Waals surface area contributed by atoms with E-state index in [1.54, 1.807) is 23.5 Å². The van der Waals surface area contributed by atoms with E-state index in [4.69, 9.17) is 5.26 Å². The van der Waals surface area contributed by atoms with Crippen LogP contribution >= 0.6 is 11.3 Å². The van der Waals surface area contributed by atoms with Crippen molar-refractivity contribution >= 4 is 17.2 Å². The van der Waals surface area contributed by atoms with E-state index in [9.17, 15) is 4.79 Å². The molecular formula is C15H14N2OS. The quantitative estimate of drug-likeness (QED) is 0.928. The molecule has 0 spiro atoms. The van der Waals surface area contributed by atoms with Crippen LogP contribution in [0.15, 0.2) is 41.1 Å². The zero-order chi connectivity index (χ0) is 13.7. The summed E-state index contributed by atoms with van der Waals surface area (Å²) in [6.07, 6.45) is 0.334. The lowest BCUT2D eigenvalue weighted by Crippen LogP contribution is -2.27. The molecule has 96 valence electrons. The summed E-state index contributed by atoms with van der Waals surface area (Å²) >= 11 is 1.62. The van der Waals surface area contributed by atoms with Gasteiger partial charge in [0.2, 0.25) is 5.91 Å².